The largest absolute Gasteiger partial charge is 0.480 e. The number of hydrogen-bond donors (Lipinski definition) is 2. The Labute approximate surface area is 103 Å². The minimum Gasteiger partial charge on any atom is -0.480 e. The first-order valence-corrected chi connectivity index (χ1v) is 5.34. The Bertz CT molecular complexity index is 554. The maximum atomic E-state index is 11.3. The van der Waals surface area contributed by atoms with E-state index >= 15 is 0 Å². The number of tetrazole rings is 1. The third-order valence-corrected chi connectivity index (χ3v) is 2.96. The van der Waals surface area contributed by atoms with E-state index in [9.17, 15) is 9.90 Å². The van der Waals surface area contributed by atoms with Crippen molar-refractivity contribution in [3.8, 4) is 5.69 Å². The van der Waals surface area contributed by atoms with Crippen LogP contribution in [-0.2, 0) is 10.3 Å². The number of rotatable bonds is 4. The van der Waals surface area contributed by atoms with Gasteiger partial charge in [-0.15, -0.1) is 5.10 Å². The minimum absolute atomic E-state index is 0.630. The van der Waals surface area contributed by atoms with E-state index in [1.165, 1.54) is 11.0 Å². The van der Waals surface area contributed by atoms with Crippen LogP contribution in [-0.4, -0.2) is 38.3 Å². The maximum Gasteiger partial charge on any atom is 0.328 e. The molecule has 0 saturated heterocycles. The SMILES string of the molecule is CNC(C)(C(=O)O)c1cccc(-n2cnnn2)c1. The molecular weight excluding hydrogens is 234 g/mol. The van der Waals surface area contributed by atoms with Gasteiger partial charge >= 0.3 is 5.97 Å². The normalized spacial score (nSPS) is 14.1. The monoisotopic (exact) mass is 247 g/mol. The first kappa shape index (κ1) is 12.2. The number of carboxylic acids is 1. The van der Waals surface area contributed by atoms with Gasteiger partial charge in [0.2, 0.25) is 0 Å². The number of hydrogen-bond acceptors (Lipinski definition) is 5. The van der Waals surface area contributed by atoms with Crippen molar-refractivity contribution >= 4 is 5.97 Å². The molecule has 0 aliphatic heterocycles. The molecule has 0 saturated carbocycles. The first-order chi connectivity index (χ1) is 8.58. The lowest BCUT2D eigenvalue weighted by atomic mass is 9.92. The van der Waals surface area contributed by atoms with Crippen LogP contribution >= 0.6 is 0 Å². The van der Waals surface area contributed by atoms with Gasteiger partial charge in [-0.3, -0.25) is 0 Å². The summed E-state index contributed by atoms with van der Waals surface area (Å²) in [7, 11) is 1.61. The zero-order valence-corrected chi connectivity index (χ0v) is 10.0. The lowest BCUT2D eigenvalue weighted by Crippen LogP contribution is -2.44. The quantitative estimate of drug-likeness (QED) is 0.800. The van der Waals surface area contributed by atoms with Crippen molar-refractivity contribution < 1.29 is 9.90 Å². The molecule has 1 aromatic carbocycles. The molecule has 0 spiro atoms. The van der Waals surface area contributed by atoms with Crippen LogP contribution in [0, 0.1) is 0 Å². The molecule has 2 rings (SSSR count). The predicted octanol–water partition coefficient (Wildman–Crippen LogP) is 0.181. The molecule has 0 aliphatic carbocycles. The third-order valence-electron chi connectivity index (χ3n) is 2.96. The van der Waals surface area contributed by atoms with E-state index in [0.717, 1.165) is 0 Å². The van der Waals surface area contributed by atoms with Crippen LogP contribution in [0.3, 0.4) is 0 Å². The summed E-state index contributed by atoms with van der Waals surface area (Å²) in [6.45, 7) is 1.61. The molecule has 2 N–H and O–H groups in total. The zero-order chi connectivity index (χ0) is 13.2. The van der Waals surface area contributed by atoms with Crippen molar-refractivity contribution in [2.24, 2.45) is 0 Å². The van der Waals surface area contributed by atoms with Crippen LogP contribution in [0.5, 0.6) is 0 Å². The summed E-state index contributed by atoms with van der Waals surface area (Å²) in [5, 5.41) is 23.0. The zero-order valence-electron chi connectivity index (χ0n) is 10.0. The van der Waals surface area contributed by atoms with Gasteiger partial charge in [0.25, 0.3) is 0 Å². The minimum atomic E-state index is -1.15. The van der Waals surface area contributed by atoms with E-state index in [1.54, 1.807) is 38.2 Å². The lowest BCUT2D eigenvalue weighted by Gasteiger charge is -2.25. The summed E-state index contributed by atoms with van der Waals surface area (Å²) in [5.41, 5.74) is 0.190. The van der Waals surface area contributed by atoms with Gasteiger partial charge in [-0.25, -0.2) is 9.48 Å². The van der Waals surface area contributed by atoms with E-state index in [-0.39, 0.29) is 0 Å². The lowest BCUT2D eigenvalue weighted by molar-refractivity contribution is -0.144. The van der Waals surface area contributed by atoms with Crippen molar-refractivity contribution in [2.75, 3.05) is 7.05 Å². The molecule has 1 atom stereocenters. The standard InChI is InChI=1S/C11H13N5O2/c1-11(12-2,10(17)18)8-4-3-5-9(6-8)16-7-13-14-15-16/h3-7,12H,1-2H3,(H,17,18). The maximum absolute atomic E-state index is 11.3. The number of aliphatic carboxylic acids is 1. The van der Waals surface area contributed by atoms with Gasteiger partial charge in [0.15, 0.2) is 0 Å². The van der Waals surface area contributed by atoms with E-state index in [2.05, 4.69) is 20.8 Å². The molecule has 0 aliphatic rings. The van der Waals surface area contributed by atoms with E-state index in [0.29, 0.717) is 11.3 Å². The molecule has 0 fully saturated rings. The number of carboxylic acid groups (broad SMARTS) is 1. The number of likely N-dealkylation sites (N-methyl/N-ethyl adjacent to an activating group) is 1. The van der Waals surface area contributed by atoms with Crippen LogP contribution in [0.1, 0.15) is 12.5 Å². The fourth-order valence-electron chi connectivity index (χ4n) is 1.61. The van der Waals surface area contributed by atoms with Crippen LogP contribution in [0.4, 0.5) is 0 Å². The number of carbonyl (C=O) groups is 1. The van der Waals surface area contributed by atoms with Crippen LogP contribution in [0.2, 0.25) is 0 Å². The second kappa shape index (κ2) is 4.53. The topological polar surface area (TPSA) is 92.9 Å². The third kappa shape index (κ3) is 1.95. The molecule has 0 amide bonds. The highest BCUT2D eigenvalue weighted by Crippen LogP contribution is 2.22. The number of nitrogens with zero attached hydrogens (tertiary/aromatic N) is 4. The summed E-state index contributed by atoms with van der Waals surface area (Å²) in [6.07, 6.45) is 1.45. The van der Waals surface area contributed by atoms with Gasteiger partial charge in [-0.1, -0.05) is 12.1 Å². The molecule has 0 bridgehead atoms. The van der Waals surface area contributed by atoms with Crippen LogP contribution in [0.25, 0.3) is 5.69 Å². The van der Waals surface area contributed by atoms with Crippen molar-refractivity contribution in [3.05, 3.63) is 36.2 Å². The summed E-state index contributed by atoms with van der Waals surface area (Å²) in [6, 6.07) is 7.06. The molecule has 94 valence electrons. The molecule has 18 heavy (non-hydrogen) atoms. The van der Waals surface area contributed by atoms with E-state index in [4.69, 9.17) is 0 Å². The van der Waals surface area contributed by atoms with Crippen LogP contribution < -0.4 is 5.32 Å². The predicted molar refractivity (Wildman–Crippen MR) is 63.2 cm³/mol. The van der Waals surface area contributed by atoms with Gasteiger partial charge < -0.3 is 10.4 Å². The summed E-state index contributed by atoms with van der Waals surface area (Å²) in [4.78, 5) is 11.3. The first-order valence-electron chi connectivity index (χ1n) is 5.34. The molecule has 1 aromatic heterocycles. The van der Waals surface area contributed by atoms with Gasteiger partial charge in [0.1, 0.15) is 11.9 Å². The second-order valence-corrected chi connectivity index (χ2v) is 3.98. The molecule has 7 heteroatoms. The van der Waals surface area contributed by atoms with Crippen molar-refractivity contribution in [2.45, 2.75) is 12.5 Å². The summed E-state index contributed by atoms with van der Waals surface area (Å²) >= 11 is 0. The van der Waals surface area contributed by atoms with Crippen molar-refractivity contribution in [3.63, 3.8) is 0 Å². The molecule has 2 aromatic rings. The van der Waals surface area contributed by atoms with Gasteiger partial charge in [-0.2, -0.15) is 0 Å². The Morgan fingerprint density at radius 1 is 1.50 bits per heavy atom. The fraction of sp³-hybridized carbons (Fsp3) is 0.273. The summed E-state index contributed by atoms with van der Waals surface area (Å²) in [5.74, 6) is -0.945. The Morgan fingerprint density at radius 3 is 2.83 bits per heavy atom. The van der Waals surface area contributed by atoms with Crippen molar-refractivity contribution in [1.82, 2.24) is 25.5 Å². The number of nitrogens with one attached hydrogen (secondary N) is 1. The Morgan fingerprint density at radius 2 is 2.28 bits per heavy atom. The Hall–Kier alpha value is -2.28. The molecule has 0 radical (unpaired) electrons. The fourth-order valence-corrected chi connectivity index (χ4v) is 1.61. The second-order valence-electron chi connectivity index (χ2n) is 3.98. The number of aromatic nitrogens is 4. The Kier molecular flexibility index (Phi) is 3.07. The highest BCUT2D eigenvalue weighted by Gasteiger charge is 2.33. The highest BCUT2D eigenvalue weighted by molar-refractivity contribution is 5.80. The van der Waals surface area contributed by atoms with Crippen molar-refractivity contribution in [1.29, 1.82) is 0 Å². The van der Waals surface area contributed by atoms with E-state index in [1.807, 2.05) is 0 Å². The van der Waals surface area contributed by atoms with Gasteiger partial charge in [-0.05, 0) is 42.1 Å². The average Bonchev–Trinajstić information content (AvgIpc) is 2.91. The molecular formula is C11H13N5O2. The smallest absolute Gasteiger partial charge is 0.328 e. The number of benzene rings is 1. The molecule has 1 heterocycles. The van der Waals surface area contributed by atoms with Gasteiger partial charge in [0.05, 0.1) is 5.69 Å². The molecule has 1 unspecified atom stereocenters. The Balaban J connectivity index is 2.47. The van der Waals surface area contributed by atoms with Gasteiger partial charge in [0, 0.05) is 0 Å². The molecule has 7 nitrogen and oxygen atoms in total. The van der Waals surface area contributed by atoms with Crippen LogP contribution in [0.15, 0.2) is 30.6 Å². The van der Waals surface area contributed by atoms with E-state index < -0.39 is 11.5 Å². The highest BCUT2D eigenvalue weighted by atomic mass is 16.4. The average molecular weight is 247 g/mol. The summed E-state index contributed by atoms with van der Waals surface area (Å²) < 4.78 is 1.47.